The lowest BCUT2D eigenvalue weighted by molar-refractivity contribution is -0.142. The third-order valence-electron chi connectivity index (χ3n) is 7.61. The lowest BCUT2D eigenvalue weighted by Gasteiger charge is -2.64. The van der Waals surface area contributed by atoms with E-state index in [0.29, 0.717) is 29.5 Å². The van der Waals surface area contributed by atoms with Crippen molar-refractivity contribution < 1.29 is 9.90 Å². The molecule has 3 fully saturated rings. The first-order valence-corrected chi connectivity index (χ1v) is 10.1. The molecule has 0 aromatic heterocycles. The number of phenols is 1. The van der Waals surface area contributed by atoms with E-state index < -0.39 is 0 Å². The summed E-state index contributed by atoms with van der Waals surface area (Å²) in [6, 6.07) is 17.3. The van der Waals surface area contributed by atoms with E-state index in [-0.39, 0.29) is 11.3 Å². The Morgan fingerprint density at radius 3 is 2.70 bits per heavy atom. The Balaban J connectivity index is 1.59. The number of hydrogen-bond acceptors (Lipinski definition) is 3. The topological polar surface area (TPSA) is 40.5 Å². The van der Waals surface area contributed by atoms with Gasteiger partial charge in [-0.2, -0.15) is 0 Å². The monoisotopic (exact) mass is 361 g/mol. The molecular weight excluding hydrogens is 334 g/mol. The fourth-order valence-electron chi connectivity index (χ4n) is 6.36. The maximum Gasteiger partial charge on any atom is 0.134 e. The number of rotatable bonds is 3. The number of fused-ring (bicyclic) bond motifs is 2. The number of benzene rings is 2. The van der Waals surface area contributed by atoms with E-state index in [2.05, 4.69) is 48.2 Å². The van der Waals surface area contributed by atoms with Crippen molar-refractivity contribution in [3.63, 3.8) is 0 Å². The first-order chi connectivity index (χ1) is 13.0. The highest BCUT2D eigenvalue weighted by molar-refractivity contribution is 5.79. The molecule has 2 aromatic carbocycles. The van der Waals surface area contributed by atoms with E-state index in [9.17, 15) is 9.90 Å². The van der Waals surface area contributed by atoms with Gasteiger partial charge in [0, 0.05) is 24.5 Å². The van der Waals surface area contributed by atoms with Gasteiger partial charge in [0.25, 0.3) is 0 Å². The molecule has 0 radical (unpaired) electrons. The molecule has 0 amide bonds. The number of piperidine rings is 2. The van der Waals surface area contributed by atoms with Gasteiger partial charge in [-0.3, -0.25) is 9.69 Å². The number of ketones is 1. The van der Waals surface area contributed by atoms with Crippen molar-refractivity contribution in [2.45, 2.75) is 57.2 Å². The zero-order chi connectivity index (χ0) is 18.8. The predicted molar refractivity (Wildman–Crippen MR) is 106 cm³/mol. The number of aromatic hydroxyl groups is 1. The summed E-state index contributed by atoms with van der Waals surface area (Å²) in [6.07, 6.45) is 3.01. The van der Waals surface area contributed by atoms with Crippen LogP contribution < -0.4 is 0 Å². The quantitative estimate of drug-likeness (QED) is 0.896. The smallest absolute Gasteiger partial charge is 0.134 e. The maximum absolute atomic E-state index is 12.4. The van der Waals surface area contributed by atoms with E-state index in [1.807, 2.05) is 12.1 Å². The van der Waals surface area contributed by atoms with Crippen molar-refractivity contribution >= 4 is 5.78 Å². The van der Waals surface area contributed by atoms with E-state index in [0.717, 1.165) is 25.8 Å². The summed E-state index contributed by atoms with van der Waals surface area (Å²) >= 11 is 0. The Hall–Kier alpha value is -2.13. The second-order valence-corrected chi connectivity index (χ2v) is 9.02. The van der Waals surface area contributed by atoms with Crippen LogP contribution in [0, 0.1) is 11.8 Å². The van der Waals surface area contributed by atoms with Gasteiger partial charge in [0.05, 0.1) is 0 Å². The Labute approximate surface area is 161 Å². The molecule has 5 atom stereocenters. The molecule has 2 aliphatic heterocycles. The molecule has 6 rings (SSSR count). The van der Waals surface area contributed by atoms with Crippen LogP contribution in [-0.2, 0) is 23.2 Å². The van der Waals surface area contributed by atoms with E-state index in [1.165, 1.54) is 16.7 Å². The summed E-state index contributed by atoms with van der Waals surface area (Å²) in [6.45, 7) is 5.05. The molecule has 3 nitrogen and oxygen atoms in total. The molecule has 2 saturated heterocycles. The molecule has 27 heavy (non-hydrogen) atoms. The van der Waals surface area contributed by atoms with E-state index >= 15 is 0 Å². The highest BCUT2D eigenvalue weighted by Gasteiger charge is 2.60. The Morgan fingerprint density at radius 2 is 1.96 bits per heavy atom. The zero-order valence-electron chi connectivity index (χ0n) is 16.1. The van der Waals surface area contributed by atoms with E-state index in [1.54, 1.807) is 6.92 Å². The van der Waals surface area contributed by atoms with Crippen molar-refractivity contribution in [1.82, 2.24) is 4.90 Å². The van der Waals surface area contributed by atoms with Gasteiger partial charge < -0.3 is 5.11 Å². The molecule has 2 aliphatic carbocycles. The summed E-state index contributed by atoms with van der Waals surface area (Å²) < 4.78 is 0. The van der Waals surface area contributed by atoms with Gasteiger partial charge in [0.15, 0.2) is 0 Å². The third kappa shape index (κ3) is 2.48. The molecule has 4 aliphatic rings. The molecular formula is C24H27NO2. The van der Waals surface area contributed by atoms with Crippen LogP contribution in [0.1, 0.15) is 43.4 Å². The maximum atomic E-state index is 12.4. The molecule has 2 aromatic rings. The number of phenolic OH excluding ortho intramolecular Hbond substituents is 1. The highest BCUT2D eigenvalue weighted by Crippen LogP contribution is 2.58. The molecule has 3 heteroatoms. The van der Waals surface area contributed by atoms with Crippen molar-refractivity contribution in [2.75, 3.05) is 0 Å². The van der Waals surface area contributed by atoms with Crippen LogP contribution in [0.2, 0.25) is 0 Å². The number of carbonyl (C=O) groups is 1. The second-order valence-electron chi connectivity index (χ2n) is 9.02. The SMILES string of the molecule is CC(=O)[C@H]1CC2C3Cc4ccc(O)cc4[C@@]2(C)CC1N3Cc1ccccc1. The molecule has 0 spiro atoms. The highest BCUT2D eigenvalue weighted by atomic mass is 16.3. The molecule has 2 heterocycles. The van der Waals surface area contributed by atoms with Crippen LogP contribution in [0.3, 0.4) is 0 Å². The van der Waals surface area contributed by atoms with Crippen molar-refractivity contribution in [2.24, 2.45) is 11.8 Å². The minimum Gasteiger partial charge on any atom is -0.508 e. The van der Waals surface area contributed by atoms with E-state index in [4.69, 9.17) is 0 Å². The number of carbonyl (C=O) groups excluding carboxylic acids is 1. The number of hydrogen-bond donors (Lipinski definition) is 1. The average Bonchev–Trinajstić information content (AvgIpc) is 2.65. The average molecular weight is 361 g/mol. The lowest BCUT2D eigenvalue weighted by Crippen LogP contribution is -2.69. The van der Waals surface area contributed by atoms with Crippen LogP contribution in [0.15, 0.2) is 48.5 Å². The van der Waals surface area contributed by atoms with Crippen LogP contribution >= 0.6 is 0 Å². The van der Waals surface area contributed by atoms with Crippen molar-refractivity contribution in [3.05, 3.63) is 65.2 Å². The Morgan fingerprint density at radius 1 is 1.19 bits per heavy atom. The Bertz CT molecular complexity index is 893. The normalized spacial score (nSPS) is 34.3. The zero-order valence-corrected chi connectivity index (χ0v) is 16.1. The second kappa shape index (κ2) is 5.93. The molecule has 4 bridgehead atoms. The van der Waals surface area contributed by atoms with Gasteiger partial charge in [0.1, 0.15) is 11.5 Å². The largest absolute Gasteiger partial charge is 0.508 e. The molecule has 140 valence electrons. The summed E-state index contributed by atoms with van der Waals surface area (Å²) in [4.78, 5) is 15.1. The van der Waals surface area contributed by atoms with Gasteiger partial charge in [0.2, 0.25) is 0 Å². The molecule has 1 N–H and O–H groups in total. The molecule has 1 saturated carbocycles. The standard InChI is InChI=1S/C24H27NO2/c1-15(26)19-12-21-22-10-17-8-9-18(27)11-20(17)24(21,2)13-23(19)25(22)14-16-6-4-3-5-7-16/h3-9,11,19,21-23,27H,10,12-14H2,1-2H3/t19-,21?,22?,23?,24-/m1/s1. The summed E-state index contributed by atoms with van der Waals surface area (Å²) in [7, 11) is 0. The lowest BCUT2D eigenvalue weighted by atomic mass is 9.49. The first kappa shape index (κ1) is 17.0. The summed E-state index contributed by atoms with van der Waals surface area (Å²) in [5.41, 5.74) is 4.07. The van der Waals surface area contributed by atoms with Gasteiger partial charge in [-0.1, -0.05) is 43.3 Å². The number of Topliss-reactive ketones (excluding diaryl/α,β-unsaturated/α-hetero) is 1. The van der Waals surface area contributed by atoms with Crippen LogP contribution in [-0.4, -0.2) is 27.9 Å². The summed E-state index contributed by atoms with van der Waals surface area (Å²) in [5.74, 6) is 1.30. The van der Waals surface area contributed by atoms with Gasteiger partial charge >= 0.3 is 0 Å². The first-order valence-electron chi connectivity index (χ1n) is 10.1. The van der Waals surface area contributed by atoms with Crippen LogP contribution in [0.5, 0.6) is 5.75 Å². The van der Waals surface area contributed by atoms with Crippen molar-refractivity contribution in [3.8, 4) is 5.75 Å². The fourth-order valence-corrected chi connectivity index (χ4v) is 6.36. The Kier molecular flexibility index (Phi) is 3.74. The van der Waals surface area contributed by atoms with Crippen molar-refractivity contribution in [1.29, 1.82) is 0 Å². The fraction of sp³-hybridized carbons (Fsp3) is 0.458. The molecule has 3 unspecified atom stereocenters. The summed E-state index contributed by atoms with van der Waals surface area (Å²) in [5, 5.41) is 10.1. The van der Waals surface area contributed by atoms with Crippen LogP contribution in [0.4, 0.5) is 0 Å². The van der Waals surface area contributed by atoms with Gasteiger partial charge in [-0.15, -0.1) is 0 Å². The van der Waals surface area contributed by atoms with Gasteiger partial charge in [-0.25, -0.2) is 0 Å². The minimum absolute atomic E-state index is 0.0563. The predicted octanol–water partition coefficient (Wildman–Crippen LogP) is 4.07. The number of nitrogens with zero attached hydrogens (tertiary/aromatic N) is 1. The minimum atomic E-state index is 0.0563. The third-order valence-corrected chi connectivity index (χ3v) is 7.61. The van der Waals surface area contributed by atoms with Crippen LogP contribution in [0.25, 0.3) is 0 Å². The van der Waals surface area contributed by atoms with Gasteiger partial charge in [-0.05, 0) is 66.3 Å².